The highest BCUT2D eigenvalue weighted by molar-refractivity contribution is 5.81. The lowest BCUT2D eigenvalue weighted by molar-refractivity contribution is 0.111. The van der Waals surface area contributed by atoms with Gasteiger partial charge in [0.05, 0.1) is 11.8 Å². The lowest BCUT2D eigenvalue weighted by Gasteiger charge is -2.06. The number of benzene rings is 1. The van der Waals surface area contributed by atoms with E-state index in [9.17, 15) is 4.79 Å². The molecule has 0 fully saturated rings. The summed E-state index contributed by atoms with van der Waals surface area (Å²) in [5.74, 6) is 0. The Balaban J connectivity index is 2.01. The Labute approximate surface area is 104 Å². The van der Waals surface area contributed by atoms with E-state index in [0.29, 0.717) is 12.2 Å². The molecule has 2 heterocycles. The van der Waals surface area contributed by atoms with Gasteiger partial charge in [0.25, 0.3) is 0 Å². The Morgan fingerprint density at radius 3 is 2.89 bits per heavy atom. The molecule has 4 heteroatoms. The fourth-order valence-corrected chi connectivity index (χ4v) is 2.01. The molecule has 2 aromatic heterocycles. The maximum Gasteiger partial charge on any atom is 0.169 e. The van der Waals surface area contributed by atoms with Crippen LogP contribution in [0.25, 0.3) is 10.9 Å². The molecule has 0 atom stereocenters. The fraction of sp³-hybridized carbons (Fsp3) is 0.0714. The third kappa shape index (κ3) is 1.88. The minimum Gasteiger partial charge on any atom is -0.332 e. The number of aromatic nitrogens is 3. The quantitative estimate of drug-likeness (QED) is 0.657. The zero-order valence-corrected chi connectivity index (χ0v) is 9.65. The van der Waals surface area contributed by atoms with Crippen molar-refractivity contribution in [1.29, 1.82) is 0 Å². The normalized spacial score (nSPS) is 10.7. The number of para-hydroxylation sites is 1. The van der Waals surface area contributed by atoms with Crippen LogP contribution < -0.4 is 0 Å². The van der Waals surface area contributed by atoms with Gasteiger partial charge in [-0.05, 0) is 17.7 Å². The van der Waals surface area contributed by atoms with E-state index in [2.05, 4.69) is 16.0 Å². The van der Waals surface area contributed by atoms with Crippen molar-refractivity contribution >= 4 is 17.2 Å². The SMILES string of the molecule is O=Cc1cn(Cc2ccnc3ccccc23)cn1. The highest BCUT2D eigenvalue weighted by Gasteiger charge is 2.03. The van der Waals surface area contributed by atoms with Gasteiger partial charge in [-0.3, -0.25) is 9.78 Å². The summed E-state index contributed by atoms with van der Waals surface area (Å²) in [4.78, 5) is 18.9. The van der Waals surface area contributed by atoms with Gasteiger partial charge in [-0.15, -0.1) is 0 Å². The molecule has 0 aliphatic carbocycles. The van der Waals surface area contributed by atoms with Gasteiger partial charge in [-0.2, -0.15) is 0 Å². The summed E-state index contributed by atoms with van der Waals surface area (Å²) in [6.45, 7) is 0.684. The van der Waals surface area contributed by atoms with Crippen LogP contribution in [0.2, 0.25) is 0 Å². The minimum atomic E-state index is 0.452. The van der Waals surface area contributed by atoms with E-state index in [0.717, 1.165) is 22.8 Å². The molecule has 0 N–H and O–H groups in total. The monoisotopic (exact) mass is 237 g/mol. The van der Waals surface area contributed by atoms with Crippen LogP contribution in [0.1, 0.15) is 16.1 Å². The second-order valence-corrected chi connectivity index (χ2v) is 4.08. The molecule has 1 aromatic carbocycles. The lowest BCUT2D eigenvalue weighted by atomic mass is 10.1. The average molecular weight is 237 g/mol. The molecule has 3 aromatic rings. The second-order valence-electron chi connectivity index (χ2n) is 4.08. The van der Waals surface area contributed by atoms with Crippen molar-refractivity contribution in [2.45, 2.75) is 6.54 Å². The number of hydrogen-bond donors (Lipinski definition) is 0. The van der Waals surface area contributed by atoms with Gasteiger partial charge >= 0.3 is 0 Å². The van der Waals surface area contributed by atoms with E-state index in [1.165, 1.54) is 0 Å². The predicted octanol–water partition coefficient (Wildman–Crippen LogP) is 2.29. The number of nitrogens with zero attached hydrogens (tertiary/aromatic N) is 3. The summed E-state index contributed by atoms with van der Waals surface area (Å²) in [5, 5.41) is 1.13. The first-order valence-electron chi connectivity index (χ1n) is 5.66. The number of carbonyl (C=O) groups excluding carboxylic acids is 1. The van der Waals surface area contributed by atoms with E-state index in [1.807, 2.05) is 28.8 Å². The van der Waals surface area contributed by atoms with Crippen molar-refractivity contribution in [3.8, 4) is 0 Å². The molecule has 0 aliphatic rings. The summed E-state index contributed by atoms with van der Waals surface area (Å²) in [6.07, 6.45) is 5.96. The number of rotatable bonds is 3. The number of carbonyl (C=O) groups is 1. The molecule has 0 spiro atoms. The summed E-state index contributed by atoms with van der Waals surface area (Å²) in [6, 6.07) is 10.0. The molecule has 4 nitrogen and oxygen atoms in total. The van der Waals surface area contributed by atoms with E-state index in [1.54, 1.807) is 18.7 Å². The van der Waals surface area contributed by atoms with Crippen LogP contribution in [0.15, 0.2) is 49.1 Å². The maximum absolute atomic E-state index is 10.6. The Hall–Kier alpha value is -2.49. The average Bonchev–Trinajstić information content (AvgIpc) is 2.87. The molecule has 0 amide bonds. The van der Waals surface area contributed by atoms with E-state index < -0.39 is 0 Å². The van der Waals surface area contributed by atoms with E-state index >= 15 is 0 Å². The van der Waals surface area contributed by atoms with Gasteiger partial charge in [-0.25, -0.2) is 4.98 Å². The summed E-state index contributed by atoms with van der Waals surface area (Å²) >= 11 is 0. The number of aldehydes is 1. The Kier molecular flexibility index (Phi) is 2.61. The zero-order chi connectivity index (χ0) is 12.4. The summed E-state index contributed by atoms with van der Waals surface area (Å²) in [5.41, 5.74) is 2.59. The Morgan fingerprint density at radius 2 is 2.06 bits per heavy atom. The van der Waals surface area contributed by atoms with Crippen molar-refractivity contribution in [3.63, 3.8) is 0 Å². The van der Waals surface area contributed by atoms with E-state index in [-0.39, 0.29) is 0 Å². The van der Waals surface area contributed by atoms with Crippen molar-refractivity contribution in [1.82, 2.24) is 14.5 Å². The number of pyridine rings is 1. The molecule has 0 saturated heterocycles. The number of imidazole rings is 1. The van der Waals surface area contributed by atoms with Gasteiger partial charge in [-0.1, -0.05) is 18.2 Å². The van der Waals surface area contributed by atoms with Gasteiger partial charge in [0.2, 0.25) is 0 Å². The van der Waals surface area contributed by atoms with Crippen molar-refractivity contribution < 1.29 is 4.79 Å². The standard InChI is InChI=1S/C14H11N3O/c18-9-12-8-17(10-16-12)7-11-5-6-15-14-4-2-1-3-13(11)14/h1-6,8-10H,7H2. The van der Waals surface area contributed by atoms with Gasteiger partial charge in [0.15, 0.2) is 6.29 Å². The van der Waals surface area contributed by atoms with Crippen LogP contribution in [0.5, 0.6) is 0 Å². The molecule has 3 rings (SSSR count). The Bertz CT molecular complexity index is 698. The van der Waals surface area contributed by atoms with Crippen molar-refractivity contribution in [3.05, 3.63) is 60.3 Å². The highest BCUT2D eigenvalue weighted by Crippen LogP contribution is 2.17. The van der Waals surface area contributed by atoms with Gasteiger partial charge in [0, 0.05) is 24.3 Å². The van der Waals surface area contributed by atoms with Gasteiger partial charge < -0.3 is 4.57 Å². The van der Waals surface area contributed by atoms with Crippen LogP contribution in [0, 0.1) is 0 Å². The summed E-state index contributed by atoms with van der Waals surface area (Å²) in [7, 11) is 0. The molecular weight excluding hydrogens is 226 g/mol. The second kappa shape index (κ2) is 4.41. The van der Waals surface area contributed by atoms with Crippen LogP contribution in [0.3, 0.4) is 0 Å². The lowest BCUT2D eigenvalue weighted by Crippen LogP contribution is -1.98. The topological polar surface area (TPSA) is 47.8 Å². The fourth-order valence-electron chi connectivity index (χ4n) is 2.01. The maximum atomic E-state index is 10.6. The number of hydrogen-bond acceptors (Lipinski definition) is 3. The first kappa shape index (κ1) is 10.7. The smallest absolute Gasteiger partial charge is 0.169 e. The Morgan fingerprint density at radius 1 is 1.17 bits per heavy atom. The predicted molar refractivity (Wildman–Crippen MR) is 68.5 cm³/mol. The first-order valence-corrected chi connectivity index (χ1v) is 5.66. The molecule has 88 valence electrons. The molecule has 0 bridgehead atoms. The number of fused-ring (bicyclic) bond motifs is 1. The summed E-state index contributed by atoms with van der Waals surface area (Å²) < 4.78 is 1.89. The molecule has 0 radical (unpaired) electrons. The molecular formula is C14H11N3O. The molecule has 0 saturated carbocycles. The first-order chi connectivity index (χ1) is 8.86. The largest absolute Gasteiger partial charge is 0.332 e. The van der Waals surface area contributed by atoms with Gasteiger partial charge in [0.1, 0.15) is 5.69 Å². The van der Waals surface area contributed by atoms with Crippen LogP contribution in [-0.4, -0.2) is 20.8 Å². The van der Waals surface area contributed by atoms with Crippen LogP contribution >= 0.6 is 0 Å². The van der Waals surface area contributed by atoms with E-state index in [4.69, 9.17) is 0 Å². The highest BCUT2D eigenvalue weighted by atomic mass is 16.1. The molecule has 0 unspecified atom stereocenters. The van der Waals surface area contributed by atoms with Crippen molar-refractivity contribution in [2.24, 2.45) is 0 Å². The third-order valence-corrected chi connectivity index (χ3v) is 2.87. The van der Waals surface area contributed by atoms with Crippen LogP contribution in [0.4, 0.5) is 0 Å². The third-order valence-electron chi connectivity index (χ3n) is 2.87. The molecule has 0 aliphatic heterocycles. The van der Waals surface area contributed by atoms with Crippen LogP contribution in [-0.2, 0) is 6.54 Å². The van der Waals surface area contributed by atoms with Crippen molar-refractivity contribution in [2.75, 3.05) is 0 Å². The molecule has 18 heavy (non-hydrogen) atoms. The zero-order valence-electron chi connectivity index (χ0n) is 9.65. The minimum absolute atomic E-state index is 0.452.